The molecule has 0 aliphatic carbocycles. The Kier molecular flexibility index (Phi) is 5.22. The summed E-state index contributed by atoms with van der Waals surface area (Å²) in [5.74, 6) is -0.426. The van der Waals surface area contributed by atoms with Crippen molar-refractivity contribution in [3.05, 3.63) is 41.2 Å². The Morgan fingerprint density at radius 3 is 2.70 bits per heavy atom. The third-order valence-electron chi connectivity index (χ3n) is 4.28. The summed E-state index contributed by atoms with van der Waals surface area (Å²) in [6.45, 7) is 5.44. The minimum atomic E-state index is -0.527. The van der Waals surface area contributed by atoms with Gasteiger partial charge in [0.05, 0.1) is 16.7 Å². The molecule has 9 nitrogen and oxygen atoms in total. The van der Waals surface area contributed by atoms with Gasteiger partial charge < -0.3 is 16.0 Å². The van der Waals surface area contributed by atoms with Crippen LogP contribution in [0.25, 0.3) is 11.0 Å². The van der Waals surface area contributed by atoms with Gasteiger partial charge in [-0.05, 0) is 51.1 Å². The fourth-order valence-corrected chi connectivity index (χ4v) is 2.99. The predicted octanol–water partition coefficient (Wildman–Crippen LogP) is 1.26. The van der Waals surface area contributed by atoms with E-state index in [0.717, 1.165) is 17.6 Å². The highest BCUT2D eigenvalue weighted by molar-refractivity contribution is 6.03. The molecule has 0 aliphatic rings. The van der Waals surface area contributed by atoms with E-state index in [9.17, 15) is 9.59 Å². The van der Waals surface area contributed by atoms with Gasteiger partial charge in [-0.25, -0.2) is 4.98 Å². The van der Waals surface area contributed by atoms with E-state index in [1.165, 1.54) is 0 Å². The first-order valence-electron chi connectivity index (χ1n) is 8.80. The van der Waals surface area contributed by atoms with Gasteiger partial charge in [-0.15, -0.1) is 0 Å². The van der Waals surface area contributed by atoms with Crippen LogP contribution >= 0.6 is 0 Å². The number of carbonyl (C=O) groups is 2. The van der Waals surface area contributed by atoms with Gasteiger partial charge in [-0.2, -0.15) is 5.10 Å². The number of fused-ring (bicyclic) bond motifs is 1. The highest BCUT2D eigenvalue weighted by Gasteiger charge is 2.18. The monoisotopic (exact) mass is 369 g/mol. The summed E-state index contributed by atoms with van der Waals surface area (Å²) in [5, 5.41) is 7.16. The van der Waals surface area contributed by atoms with E-state index < -0.39 is 5.91 Å². The zero-order chi connectivity index (χ0) is 19.6. The number of nitrogens with one attached hydrogen (secondary N) is 1. The van der Waals surface area contributed by atoms with Crippen LogP contribution < -0.4 is 16.8 Å². The number of hydrogen-bond acceptors (Lipinski definition) is 5. The van der Waals surface area contributed by atoms with E-state index >= 15 is 0 Å². The summed E-state index contributed by atoms with van der Waals surface area (Å²) in [4.78, 5) is 28.7. The van der Waals surface area contributed by atoms with Crippen molar-refractivity contribution in [2.75, 3.05) is 11.9 Å². The summed E-state index contributed by atoms with van der Waals surface area (Å²) in [6.07, 6.45) is 0.720. The molecule has 9 heteroatoms. The summed E-state index contributed by atoms with van der Waals surface area (Å²) >= 11 is 0. The van der Waals surface area contributed by atoms with Crippen LogP contribution in [0.2, 0.25) is 0 Å². The molecule has 2 amide bonds. The molecule has 2 heterocycles. The number of hydrogen-bond donors (Lipinski definition) is 3. The molecule has 27 heavy (non-hydrogen) atoms. The largest absolute Gasteiger partial charge is 0.366 e. The van der Waals surface area contributed by atoms with Crippen LogP contribution in [0.5, 0.6) is 0 Å². The minimum Gasteiger partial charge on any atom is -0.366 e. The molecular weight excluding hydrogens is 346 g/mol. The molecule has 0 saturated heterocycles. The summed E-state index contributed by atoms with van der Waals surface area (Å²) < 4.78 is 3.52. The molecule has 3 rings (SSSR count). The maximum atomic E-state index is 12.8. The molecule has 0 unspecified atom stereocenters. The van der Waals surface area contributed by atoms with Crippen LogP contribution in [-0.2, 0) is 13.1 Å². The lowest BCUT2D eigenvalue weighted by Gasteiger charge is -2.10. The van der Waals surface area contributed by atoms with Crippen molar-refractivity contribution < 1.29 is 9.59 Å². The highest BCUT2D eigenvalue weighted by atomic mass is 16.2. The molecule has 0 spiro atoms. The number of benzene rings is 1. The van der Waals surface area contributed by atoms with E-state index in [-0.39, 0.29) is 5.91 Å². The molecule has 0 bridgehead atoms. The van der Waals surface area contributed by atoms with Gasteiger partial charge in [0.25, 0.3) is 5.91 Å². The van der Waals surface area contributed by atoms with E-state index in [2.05, 4.69) is 15.4 Å². The van der Waals surface area contributed by atoms with Crippen molar-refractivity contribution in [3.8, 4) is 0 Å². The first-order valence-corrected chi connectivity index (χ1v) is 8.80. The topological polar surface area (TPSA) is 134 Å². The molecule has 2 aromatic heterocycles. The zero-order valence-corrected chi connectivity index (χ0v) is 15.4. The average Bonchev–Trinajstić information content (AvgIpc) is 3.19. The van der Waals surface area contributed by atoms with Crippen molar-refractivity contribution in [3.63, 3.8) is 0 Å². The second-order valence-corrected chi connectivity index (χ2v) is 6.24. The maximum absolute atomic E-state index is 12.8. The van der Waals surface area contributed by atoms with Gasteiger partial charge in [0.15, 0.2) is 0 Å². The van der Waals surface area contributed by atoms with E-state index in [1.807, 2.05) is 18.4 Å². The number of rotatable bonds is 7. The quantitative estimate of drug-likeness (QED) is 0.576. The first-order chi connectivity index (χ1) is 12.9. The molecule has 3 aromatic rings. The molecule has 0 radical (unpaired) electrons. The smallest absolute Gasteiger partial charge is 0.276 e. The fourth-order valence-electron chi connectivity index (χ4n) is 2.99. The molecule has 1 aromatic carbocycles. The summed E-state index contributed by atoms with van der Waals surface area (Å²) in [6, 6.07) is 6.77. The van der Waals surface area contributed by atoms with Crippen molar-refractivity contribution in [1.82, 2.24) is 19.3 Å². The number of amides is 2. The van der Waals surface area contributed by atoms with Gasteiger partial charge in [0.1, 0.15) is 5.69 Å². The maximum Gasteiger partial charge on any atom is 0.276 e. The van der Waals surface area contributed by atoms with Gasteiger partial charge in [-0.1, -0.05) is 0 Å². The number of carbonyl (C=O) groups excluding carboxylic acids is 2. The second-order valence-electron chi connectivity index (χ2n) is 6.24. The Bertz CT molecular complexity index is 1000. The fraction of sp³-hybridized carbons (Fsp3) is 0.333. The van der Waals surface area contributed by atoms with E-state index in [4.69, 9.17) is 11.5 Å². The van der Waals surface area contributed by atoms with Gasteiger partial charge in [0.2, 0.25) is 11.9 Å². The number of nitrogens with zero attached hydrogens (tertiary/aromatic N) is 4. The Labute approximate surface area is 156 Å². The number of nitrogens with two attached hydrogens (primary N) is 2. The lowest BCUT2D eigenvalue weighted by atomic mass is 10.2. The average molecular weight is 369 g/mol. The number of anilines is 1. The van der Waals surface area contributed by atoms with E-state index in [1.54, 1.807) is 28.9 Å². The Hall–Kier alpha value is -3.20. The SMILES string of the molecule is CCn1nc(C)cc1C(=O)Nc1nc2cc(C(N)=O)ccc2n1CCCN. The summed E-state index contributed by atoms with van der Waals surface area (Å²) in [5.41, 5.74) is 14.0. The number of aromatic nitrogens is 4. The Morgan fingerprint density at radius 1 is 1.26 bits per heavy atom. The van der Waals surface area contributed by atoms with Crippen molar-refractivity contribution in [2.45, 2.75) is 33.4 Å². The second kappa shape index (κ2) is 7.58. The normalized spacial score (nSPS) is 11.1. The van der Waals surface area contributed by atoms with Crippen molar-refractivity contribution in [2.24, 2.45) is 11.5 Å². The molecular formula is C18H23N7O2. The molecule has 0 aliphatic heterocycles. The van der Waals surface area contributed by atoms with Crippen LogP contribution in [0.1, 0.15) is 39.9 Å². The van der Waals surface area contributed by atoms with Crippen LogP contribution in [-0.4, -0.2) is 37.7 Å². The van der Waals surface area contributed by atoms with E-state index in [0.29, 0.717) is 42.4 Å². The number of primary amides is 1. The van der Waals surface area contributed by atoms with Crippen LogP contribution in [0.15, 0.2) is 24.3 Å². The molecule has 142 valence electrons. The Balaban J connectivity index is 2.00. The van der Waals surface area contributed by atoms with Crippen LogP contribution in [0, 0.1) is 6.92 Å². The third-order valence-corrected chi connectivity index (χ3v) is 4.28. The number of aryl methyl sites for hydroxylation is 3. The minimum absolute atomic E-state index is 0.295. The Morgan fingerprint density at radius 2 is 2.04 bits per heavy atom. The molecule has 5 N–H and O–H groups in total. The highest BCUT2D eigenvalue weighted by Crippen LogP contribution is 2.22. The van der Waals surface area contributed by atoms with Crippen molar-refractivity contribution in [1.29, 1.82) is 0 Å². The third kappa shape index (κ3) is 3.68. The van der Waals surface area contributed by atoms with Crippen LogP contribution in [0.4, 0.5) is 5.95 Å². The first kappa shape index (κ1) is 18.6. The van der Waals surface area contributed by atoms with Gasteiger partial charge in [-0.3, -0.25) is 19.6 Å². The lowest BCUT2D eigenvalue weighted by molar-refractivity contribution is 0.0996. The van der Waals surface area contributed by atoms with Crippen LogP contribution in [0.3, 0.4) is 0 Å². The molecule has 0 saturated carbocycles. The van der Waals surface area contributed by atoms with Gasteiger partial charge >= 0.3 is 0 Å². The number of imidazole rings is 1. The van der Waals surface area contributed by atoms with Crippen molar-refractivity contribution >= 4 is 28.8 Å². The van der Waals surface area contributed by atoms with Gasteiger partial charge in [0, 0.05) is 18.7 Å². The molecule has 0 atom stereocenters. The zero-order valence-electron chi connectivity index (χ0n) is 15.4. The summed E-state index contributed by atoms with van der Waals surface area (Å²) in [7, 11) is 0. The molecule has 0 fully saturated rings. The predicted molar refractivity (Wildman–Crippen MR) is 103 cm³/mol. The lowest BCUT2D eigenvalue weighted by Crippen LogP contribution is -2.20. The standard InChI is InChI=1S/C18H23N7O2/c1-3-25-15(9-11(2)23-25)17(27)22-18-21-13-10-12(16(20)26)5-6-14(13)24(18)8-4-7-19/h5-6,9-10H,3-4,7-8,19H2,1-2H3,(H2,20,26)(H,21,22,27).